The Morgan fingerprint density at radius 3 is 1.59 bits per heavy atom. The van der Waals surface area contributed by atoms with E-state index in [0.717, 1.165) is 22.3 Å². The summed E-state index contributed by atoms with van der Waals surface area (Å²) >= 11 is 0. The Bertz CT molecular complexity index is 667. The Morgan fingerprint density at radius 2 is 1.23 bits per heavy atom. The molecule has 2 aromatic rings. The number of hydrogen-bond acceptors (Lipinski definition) is 3. The smallest absolute Gasteiger partial charge is 0.395 e. The standard InChI is InChI=1S/C19H18O3/c1-13-7-5-9-17(11-13)15(3)21-19(20)22-16(4)18-10-6-8-14(2)12-18/h5-12H,3-4H2,1-2H3. The van der Waals surface area contributed by atoms with Crippen molar-refractivity contribution >= 4 is 17.7 Å². The lowest BCUT2D eigenvalue weighted by atomic mass is 10.1. The minimum absolute atomic E-state index is 0.241. The molecule has 2 aromatic carbocycles. The first-order chi connectivity index (χ1) is 10.5. The quantitative estimate of drug-likeness (QED) is 0.581. The number of aryl methyl sites for hydroxylation is 2. The predicted octanol–water partition coefficient (Wildman–Crippen LogP) is 5.10. The lowest BCUT2D eigenvalue weighted by molar-refractivity contribution is 0.133. The Balaban J connectivity index is 1.98. The Morgan fingerprint density at radius 1 is 0.818 bits per heavy atom. The van der Waals surface area contributed by atoms with Gasteiger partial charge >= 0.3 is 6.16 Å². The zero-order valence-corrected chi connectivity index (χ0v) is 12.8. The monoisotopic (exact) mass is 294 g/mol. The molecule has 0 spiro atoms. The highest BCUT2D eigenvalue weighted by Gasteiger charge is 2.12. The number of ether oxygens (including phenoxy) is 2. The molecule has 0 unspecified atom stereocenters. The molecule has 0 aliphatic rings. The van der Waals surface area contributed by atoms with Crippen LogP contribution in [0.1, 0.15) is 22.3 Å². The highest BCUT2D eigenvalue weighted by Crippen LogP contribution is 2.19. The molecular formula is C19H18O3. The van der Waals surface area contributed by atoms with Gasteiger partial charge in [0.2, 0.25) is 0 Å². The van der Waals surface area contributed by atoms with Crippen LogP contribution in [0.5, 0.6) is 0 Å². The first-order valence-corrected chi connectivity index (χ1v) is 6.87. The molecule has 0 aliphatic carbocycles. The summed E-state index contributed by atoms with van der Waals surface area (Å²) in [6.07, 6.45) is -0.849. The zero-order valence-electron chi connectivity index (χ0n) is 12.8. The van der Waals surface area contributed by atoms with Crippen LogP contribution in [0.25, 0.3) is 11.5 Å². The number of carbonyl (C=O) groups is 1. The third-order valence-electron chi connectivity index (χ3n) is 3.09. The van der Waals surface area contributed by atoms with Gasteiger partial charge in [0.1, 0.15) is 11.5 Å². The van der Waals surface area contributed by atoms with E-state index in [1.54, 1.807) is 0 Å². The lowest BCUT2D eigenvalue weighted by Gasteiger charge is -2.10. The summed E-state index contributed by atoms with van der Waals surface area (Å²) in [6, 6.07) is 15.0. The van der Waals surface area contributed by atoms with Gasteiger partial charge in [-0.15, -0.1) is 0 Å². The maximum Gasteiger partial charge on any atom is 0.519 e. The van der Waals surface area contributed by atoms with Gasteiger partial charge in [0.25, 0.3) is 0 Å². The molecule has 0 amide bonds. The lowest BCUT2D eigenvalue weighted by Crippen LogP contribution is -2.05. The maximum absolute atomic E-state index is 11.8. The van der Waals surface area contributed by atoms with Crippen molar-refractivity contribution in [2.24, 2.45) is 0 Å². The van der Waals surface area contributed by atoms with Gasteiger partial charge in [-0.2, -0.15) is 0 Å². The van der Waals surface area contributed by atoms with Gasteiger partial charge in [-0.05, 0) is 26.0 Å². The number of carbonyl (C=O) groups excluding carboxylic acids is 1. The van der Waals surface area contributed by atoms with Crippen molar-refractivity contribution in [3.63, 3.8) is 0 Å². The number of rotatable bonds is 4. The van der Waals surface area contributed by atoms with Crippen LogP contribution in [-0.4, -0.2) is 6.16 Å². The van der Waals surface area contributed by atoms with Crippen molar-refractivity contribution in [1.82, 2.24) is 0 Å². The third-order valence-corrected chi connectivity index (χ3v) is 3.09. The highest BCUT2D eigenvalue weighted by atomic mass is 16.7. The average Bonchev–Trinajstić information content (AvgIpc) is 2.47. The van der Waals surface area contributed by atoms with Crippen LogP contribution in [0.15, 0.2) is 61.7 Å². The van der Waals surface area contributed by atoms with Crippen molar-refractivity contribution < 1.29 is 14.3 Å². The molecule has 0 radical (unpaired) electrons. The van der Waals surface area contributed by atoms with Gasteiger partial charge < -0.3 is 9.47 Å². The van der Waals surface area contributed by atoms with Crippen molar-refractivity contribution in [1.29, 1.82) is 0 Å². The summed E-state index contributed by atoms with van der Waals surface area (Å²) in [5.74, 6) is 0.483. The van der Waals surface area contributed by atoms with E-state index in [0.29, 0.717) is 0 Å². The van der Waals surface area contributed by atoms with E-state index in [1.807, 2.05) is 62.4 Å². The van der Waals surface area contributed by atoms with E-state index < -0.39 is 6.16 Å². The van der Waals surface area contributed by atoms with Crippen molar-refractivity contribution in [2.75, 3.05) is 0 Å². The fourth-order valence-corrected chi connectivity index (χ4v) is 1.98. The fourth-order valence-electron chi connectivity index (χ4n) is 1.98. The second-order valence-corrected chi connectivity index (χ2v) is 5.04. The van der Waals surface area contributed by atoms with Crippen LogP contribution >= 0.6 is 0 Å². The molecule has 3 nitrogen and oxygen atoms in total. The summed E-state index contributed by atoms with van der Waals surface area (Å²) in [5.41, 5.74) is 3.58. The summed E-state index contributed by atoms with van der Waals surface area (Å²) in [5, 5.41) is 0. The van der Waals surface area contributed by atoms with E-state index in [-0.39, 0.29) is 11.5 Å². The van der Waals surface area contributed by atoms with Crippen molar-refractivity contribution in [3.8, 4) is 0 Å². The van der Waals surface area contributed by atoms with Gasteiger partial charge in [-0.3, -0.25) is 0 Å². The van der Waals surface area contributed by atoms with E-state index >= 15 is 0 Å². The molecular weight excluding hydrogens is 276 g/mol. The van der Waals surface area contributed by atoms with Gasteiger partial charge in [-0.25, -0.2) is 4.79 Å². The summed E-state index contributed by atoms with van der Waals surface area (Å²) < 4.78 is 10.2. The van der Waals surface area contributed by atoms with Crippen molar-refractivity contribution in [2.45, 2.75) is 13.8 Å². The Kier molecular flexibility index (Phi) is 4.79. The SMILES string of the molecule is C=C(OC(=O)OC(=C)c1cccc(C)c1)c1cccc(C)c1. The van der Waals surface area contributed by atoms with Crippen LogP contribution in [0, 0.1) is 13.8 Å². The van der Waals surface area contributed by atoms with Gasteiger partial charge in [0, 0.05) is 11.1 Å². The van der Waals surface area contributed by atoms with Crippen LogP contribution in [0.3, 0.4) is 0 Å². The highest BCUT2D eigenvalue weighted by molar-refractivity contribution is 5.77. The molecule has 0 bridgehead atoms. The van der Waals surface area contributed by atoms with Crippen LogP contribution in [0.2, 0.25) is 0 Å². The molecule has 0 aromatic heterocycles. The molecule has 22 heavy (non-hydrogen) atoms. The fraction of sp³-hybridized carbons (Fsp3) is 0.105. The largest absolute Gasteiger partial charge is 0.519 e. The van der Waals surface area contributed by atoms with Crippen molar-refractivity contribution in [3.05, 3.63) is 83.9 Å². The minimum atomic E-state index is -0.849. The average molecular weight is 294 g/mol. The molecule has 2 rings (SSSR count). The van der Waals surface area contributed by atoms with Gasteiger partial charge in [-0.1, -0.05) is 60.7 Å². The summed E-state index contributed by atoms with van der Waals surface area (Å²) in [6.45, 7) is 11.4. The molecule has 0 saturated heterocycles. The molecule has 0 heterocycles. The maximum atomic E-state index is 11.8. The molecule has 0 atom stereocenters. The number of benzene rings is 2. The molecule has 0 fully saturated rings. The molecule has 3 heteroatoms. The Labute approximate surface area is 130 Å². The summed E-state index contributed by atoms with van der Waals surface area (Å²) in [7, 11) is 0. The van der Waals surface area contributed by atoms with Crippen LogP contribution < -0.4 is 0 Å². The first-order valence-electron chi connectivity index (χ1n) is 6.87. The molecule has 0 aliphatic heterocycles. The second kappa shape index (κ2) is 6.76. The number of hydrogen-bond donors (Lipinski definition) is 0. The van der Waals surface area contributed by atoms with E-state index in [4.69, 9.17) is 9.47 Å². The summed E-state index contributed by atoms with van der Waals surface area (Å²) in [4.78, 5) is 11.8. The topological polar surface area (TPSA) is 35.5 Å². The molecule has 112 valence electrons. The second-order valence-electron chi connectivity index (χ2n) is 5.04. The normalized spacial score (nSPS) is 9.91. The predicted molar refractivity (Wildman–Crippen MR) is 88.0 cm³/mol. The molecule has 0 N–H and O–H groups in total. The van der Waals surface area contributed by atoms with E-state index in [2.05, 4.69) is 13.2 Å². The molecule has 0 saturated carbocycles. The van der Waals surface area contributed by atoms with Crippen LogP contribution in [-0.2, 0) is 9.47 Å². The van der Waals surface area contributed by atoms with Gasteiger partial charge in [0.05, 0.1) is 0 Å². The Hall–Kier alpha value is -2.81. The van der Waals surface area contributed by atoms with Crippen LogP contribution in [0.4, 0.5) is 4.79 Å². The minimum Gasteiger partial charge on any atom is -0.395 e. The van der Waals surface area contributed by atoms with E-state index in [1.165, 1.54) is 0 Å². The van der Waals surface area contributed by atoms with E-state index in [9.17, 15) is 4.79 Å². The van der Waals surface area contributed by atoms with Gasteiger partial charge in [0.15, 0.2) is 0 Å². The first kappa shape index (κ1) is 15.6. The third kappa shape index (κ3) is 4.09. The zero-order chi connectivity index (χ0) is 16.1.